The first-order valence-electron chi connectivity index (χ1n) is 5.58. The molecule has 0 radical (unpaired) electrons. The summed E-state index contributed by atoms with van der Waals surface area (Å²) in [6.45, 7) is 0. The predicted octanol–water partition coefficient (Wildman–Crippen LogP) is 1.34. The van der Waals surface area contributed by atoms with E-state index in [1.807, 2.05) is 6.07 Å². The van der Waals surface area contributed by atoms with E-state index in [0.29, 0.717) is 10.9 Å². The number of carbonyl (C=O) groups is 2. The third kappa shape index (κ3) is 3.40. The molecular weight excluding hydrogens is 295 g/mol. The van der Waals surface area contributed by atoms with Crippen molar-refractivity contribution in [3.63, 3.8) is 0 Å². The standard InChI is InChI=1S/C12H11N4O2PS/c13-9(17)8-10(14-6-19-8)15-12(20)16-11(18)7-4-2-1-3-5-7/h1-6,19H,(H2,13,17)(H2,15,16,18,20). The number of rotatable bonds is 3. The summed E-state index contributed by atoms with van der Waals surface area (Å²) in [4.78, 5) is 27.0. The van der Waals surface area contributed by atoms with Crippen LogP contribution in [-0.4, -0.2) is 21.9 Å². The Hall–Kier alpha value is -2.24. The molecule has 0 saturated heterocycles. The monoisotopic (exact) mass is 306 g/mol. The van der Waals surface area contributed by atoms with Crippen LogP contribution >= 0.6 is 20.4 Å². The van der Waals surface area contributed by atoms with Crippen LogP contribution < -0.4 is 16.4 Å². The highest BCUT2D eigenvalue weighted by Gasteiger charge is 2.13. The van der Waals surface area contributed by atoms with Gasteiger partial charge in [-0.25, -0.2) is 4.98 Å². The van der Waals surface area contributed by atoms with Gasteiger partial charge in [0.1, 0.15) is 5.82 Å². The summed E-state index contributed by atoms with van der Waals surface area (Å²) in [5.74, 6) is 0.966. The molecular formula is C12H11N4O2PS. The smallest absolute Gasteiger partial charge is 0.257 e. The number of nitrogens with zero attached hydrogens (tertiary/aromatic N) is 1. The minimum Gasteiger partial charge on any atom is -0.365 e. The molecule has 102 valence electrons. The van der Waals surface area contributed by atoms with Crippen molar-refractivity contribution in [2.75, 3.05) is 5.32 Å². The van der Waals surface area contributed by atoms with Crippen molar-refractivity contribution in [3.8, 4) is 0 Å². The van der Waals surface area contributed by atoms with Crippen molar-refractivity contribution < 1.29 is 9.59 Å². The van der Waals surface area contributed by atoms with E-state index in [1.54, 1.807) is 30.2 Å². The average Bonchev–Trinajstić information content (AvgIpc) is 2.87. The number of nitrogens with one attached hydrogen (secondary N) is 2. The Labute approximate surface area is 121 Å². The average molecular weight is 306 g/mol. The van der Waals surface area contributed by atoms with Gasteiger partial charge in [-0.2, -0.15) is 0 Å². The Kier molecular flexibility index (Phi) is 4.45. The molecule has 1 aromatic heterocycles. The molecule has 0 saturated carbocycles. The first-order valence-corrected chi connectivity index (χ1v) is 7.07. The van der Waals surface area contributed by atoms with Gasteiger partial charge in [0.15, 0.2) is 5.11 Å². The lowest BCUT2D eigenvalue weighted by molar-refractivity contribution is 0.0976. The first-order chi connectivity index (χ1) is 9.58. The second-order valence-corrected chi connectivity index (χ2v) is 5.22. The van der Waals surface area contributed by atoms with E-state index >= 15 is 0 Å². The SMILES string of the molecule is NC(=O)c1[pH]cnc1NC(=S)NC(=O)c1ccccc1. The Bertz CT molecular complexity index is 656. The molecule has 0 aliphatic carbocycles. The van der Waals surface area contributed by atoms with Crippen LogP contribution in [0.25, 0.3) is 0 Å². The highest BCUT2D eigenvalue weighted by atomic mass is 32.1. The van der Waals surface area contributed by atoms with E-state index in [4.69, 9.17) is 18.0 Å². The minimum atomic E-state index is -0.555. The van der Waals surface area contributed by atoms with Gasteiger partial charge in [0.05, 0.1) is 5.30 Å². The number of hydrogen-bond acceptors (Lipinski definition) is 4. The fourth-order valence-corrected chi connectivity index (χ4v) is 2.40. The second-order valence-electron chi connectivity index (χ2n) is 3.76. The number of anilines is 1. The van der Waals surface area contributed by atoms with E-state index in [9.17, 15) is 9.59 Å². The molecule has 0 aliphatic rings. The molecule has 6 nitrogen and oxygen atoms in total. The van der Waals surface area contributed by atoms with Crippen LogP contribution in [0.15, 0.2) is 36.3 Å². The maximum atomic E-state index is 11.9. The van der Waals surface area contributed by atoms with E-state index in [1.165, 1.54) is 0 Å². The van der Waals surface area contributed by atoms with Crippen molar-refractivity contribution in [1.29, 1.82) is 0 Å². The number of thiocarbonyl (C=S) groups is 1. The van der Waals surface area contributed by atoms with Gasteiger partial charge in [0.2, 0.25) is 0 Å². The van der Waals surface area contributed by atoms with Crippen LogP contribution in [0.5, 0.6) is 0 Å². The molecule has 0 aliphatic heterocycles. The van der Waals surface area contributed by atoms with Crippen molar-refractivity contribution in [3.05, 3.63) is 47.1 Å². The molecule has 2 amide bonds. The van der Waals surface area contributed by atoms with Gasteiger partial charge in [0, 0.05) is 11.5 Å². The Morgan fingerprint density at radius 1 is 1.25 bits per heavy atom. The number of hydrogen-bond donors (Lipinski definition) is 3. The number of primary amides is 1. The molecule has 1 unspecified atom stereocenters. The largest absolute Gasteiger partial charge is 0.365 e. The van der Waals surface area contributed by atoms with E-state index in [-0.39, 0.29) is 25.0 Å². The van der Waals surface area contributed by atoms with Crippen LogP contribution in [0.2, 0.25) is 0 Å². The van der Waals surface area contributed by atoms with Crippen molar-refractivity contribution in [2.45, 2.75) is 0 Å². The van der Waals surface area contributed by atoms with Crippen LogP contribution in [0.3, 0.4) is 0 Å². The third-order valence-electron chi connectivity index (χ3n) is 2.38. The van der Waals surface area contributed by atoms with Crippen molar-refractivity contribution in [1.82, 2.24) is 10.3 Å². The number of amides is 2. The van der Waals surface area contributed by atoms with Gasteiger partial charge in [-0.3, -0.25) is 14.9 Å². The van der Waals surface area contributed by atoms with E-state index in [2.05, 4.69) is 15.6 Å². The van der Waals surface area contributed by atoms with Gasteiger partial charge in [-0.05, 0) is 24.4 Å². The lowest BCUT2D eigenvalue weighted by atomic mass is 10.2. The zero-order valence-corrected chi connectivity index (χ0v) is 12.0. The topological polar surface area (TPSA) is 97.1 Å². The van der Waals surface area contributed by atoms with Crippen LogP contribution in [0, 0.1) is 0 Å². The van der Waals surface area contributed by atoms with Gasteiger partial charge < -0.3 is 11.1 Å². The Morgan fingerprint density at radius 3 is 2.60 bits per heavy atom. The maximum absolute atomic E-state index is 11.9. The number of carbonyl (C=O) groups excluding carboxylic acids is 2. The fraction of sp³-hybridized carbons (Fsp3) is 0. The third-order valence-corrected chi connectivity index (χ3v) is 3.61. The normalized spacial score (nSPS) is 10.2. The zero-order valence-electron chi connectivity index (χ0n) is 10.2. The molecule has 4 N–H and O–H groups in total. The molecule has 1 atom stereocenters. The molecule has 0 fully saturated rings. The number of benzene rings is 1. The summed E-state index contributed by atoms with van der Waals surface area (Å²) in [7, 11) is 0.107. The highest BCUT2D eigenvalue weighted by molar-refractivity contribution is 7.80. The van der Waals surface area contributed by atoms with Gasteiger partial charge in [0.25, 0.3) is 11.8 Å². The molecule has 2 rings (SSSR count). The van der Waals surface area contributed by atoms with E-state index < -0.39 is 5.91 Å². The van der Waals surface area contributed by atoms with Crippen LogP contribution in [0.4, 0.5) is 5.82 Å². The summed E-state index contributed by atoms with van der Waals surface area (Å²) in [5.41, 5.74) is 5.70. The summed E-state index contributed by atoms with van der Waals surface area (Å²) in [6.07, 6.45) is 0. The molecule has 8 heteroatoms. The maximum Gasteiger partial charge on any atom is 0.257 e. The molecule has 20 heavy (non-hydrogen) atoms. The molecule has 0 spiro atoms. The lowest BCUT2D eigenvalue weighted by Crippen LogP contribution is -2.34. The van der Waals surface area contributed by atoms with E-state index in [0.717, 1.165) is 0 Å². The zero-order chi connectivity index (χ0) is 14.5. The summed E-state index contributed by atoms with van der Waals surface area (Å²) in [5, 5.41) is 5.63. The number of nitrogens with two attached hydrogens (primary N) is 1. The molecule has 2 aromatic rings. The van der Waals surface area contributed by atoms with Gasteiger partial charge >= 0.3 is 0 Å². The lowest BCUT2D eigenvalue weighted by Gasteiger charge is -2.08. The fourth-order valence-electron chi connectivity index (χ4n) is 1.48. The van der Waals surface area contributed by atoms with Crippen LogP contribution in [0.1, 0.15) is 20.4 Å². The van der Waals surface area contributed by atoms with Crippen molar-refractivity contribution in [2.24, 2.45) is 5.73 Å². The molecule has 1 aromatic carbocycles. The summed E-state index contributed by atoms with van der Waals surface area (Å²) < 4.78 is 0. The Balaban J connectivity index is 2.01. The second kappa shape index (κ2) is 6.27. The molecule has 1 heterocycles. The highest BCUT2D eigenvalue weighted by Crippen LogP contribution is 2.21. The first kappa shape index (κ1) is 14.2. The van der Waals surface area contributed by atoms with Crippen molar-refractivity contribution >= 4 is 43.2 Å². The Morgan fingerprint density at radius 2 is 1.95 bits per heavy atom. The van der Waals surface area contributed by atoms with Crippen LogP contribution in [-0.2, 0) is 0 Å². The predicted molar refractivity (Wildman–Crippen MR) is 82.4 cm³/mol. The molecule has 0 bridgehead atoms. The number of aromatic nitrogens is 1. The van der Waals surface area contributed by atoms with Gasteiger partial charge in [-0.1, -0.05) is 18.2 Å². The quantitative estimate of drug-likeness (QED) is 0.744. The summed E-state index contributed by atoms with van der Waals surface area (Å²) >= 11 is 5.01. The van der Waals surface area contributed by atoms with Gasteiger partial charge in [-0.15, -0.1) is 8.19 Å². The summed E-state index contributed by atoms with van der Waals surface area (Å²) in [6, 6.07) is 8.65. The minimum absolute atomic E-state index is 0.0662.